The van der Waals surface area contributed by atoms with Gasteiger partial charge in [-0.1, -0.05) is 54.6 Å². The minimum Gasteiger partial charge on any atom is -0.508 e. The van der Waals surface area contributed by atoms with Crippen LogP contribution in [0.4, 0.5) is 0 Å². The van der Waals surface area contributed by atoms with Crippen LogP contribution in [0.1, 0.15) is 21.5 Å². The van der Waals surface area contributed by atoms with Crippen molar-refractivity contribution < 1.29 is 19.7 Å². The number of ether oxygens (including phenoxy) is 1. The third kappa shape index (κ3) is 4.30. The molecule has 3 aromatic carbocycles. The molecule has 0 unspecified atom stereocenters. The van der Waals surface area contributed by atoms with Crippen LogP contribution in [0.3, 0.4) is 0 Å². The number of phenolic OH excluding ortho intramolecular Hbond substituents is 2. The first kappa shape index (κ1) is 17.3. The zero-order chi connectivity index (χ0) is 18.4. The molecular formula is C22H18O4. The van der Waals surface area contributed by atoms with Crippen LogP contribution in [-0.4, -0.2) is 16.0 Å². The monoisotopic (exact) mass is 346 g/mol. The fraction of sp³-hybridized carbons (Fsp3) is 0.0455. The van der Waals surface area contributed by atoms with E-state index >= 15 is 0 Å². The Hall–Kier alpha value is -3.53. The number of hydrogen-bond acceptors (Lipinski definition) is 4. The van der Waals surface area contributed by atoms with Crippen LogP contribution in [0.5, 0.6) is 17.2 Å². The molecule has 0 saturated heterocycles. The largest absolute Gasteiger partial charge is 0.508 e. The summed E-state index contributed by atoms with van der Waals surface area (Å²) in [6.45, 7) is 0.298. The van der Waals surface area contributed by atoms with Crippen LogP contribution in [0.25, 0.3) is 6.08 Å². The van der Waals surface area contributed by atoms with Crippen LogP contribution in [0.15, 0.2) is 78.9 Å². The van der Waals surface area contributed by atoms with E-state index in [9.17, 15) is 15.0 Å². The first-order chi connectivity index (χ1) is 12.6. The lowest BCUT2D eigenvalue weighted by Gasteiger charge is -2.11. The molecular weight excluding hydrogens is 328 g/mol. The summed E-state index contributed by atoms with van der Waals surface area (Å²) in [6, 6.07) is 20.8. The lowest BCUT2D eigenvalue weighted by Crippen LogP contribution is -2.03. The summed E-state index contributed by atoms with van der Waals surface area (Å²) in [7, 11) is 0. The van der Waals surface area contributed by atoms with Gasteiger partial charge in [-0.05, 0) is 41.5 Å². The number of carbonyl (C=O) groups excluding carboxylic acids is 1. The van der Waals surface area contributed by atoms with Crippen molar-refractivity contribution in [1.82, 2.24) is 0 Å². The van der Waals surface area contributed by atoms with E-state index in [0.29, 0.717) is 12.4 Å². The SMILES string of the molecule is O=C(/C=C/c1ccc(O)cc1)c1c(O)cccc1OCc1ccccc1. The average molecular weight is 346 g/mol. The van der Waals surface area contributed by atoms with Gasteiger partial charge in [-0.3, -0.25) is 4.79 Å². The molecule has 2 N–H and O–H groups in total. The van der Waals surface area contributed by atoms with Gasteiger partial charge in [0.15, 0.2) is 5.78 Å². The second kappa shape index (κ2) is 8.03. The molecule has 0 saturated carbocycles. The van der Waals surface area contributed by atoms with E-state index in [1.54, 1.807) is 42.5 Å². The van der Waals surface area contributed by atoms with Crippen LogP contribution >= 0.6 is 0 Å². The fourth-order valence-electron chi connectivity index (χ4n) is 2.46. The topological polar surface area (TPSA) is 66.8 Å². The van der Waals surface area contributed by atoms with E-state index < -0.39 is 0 Å². The Balaban J connectivity index is 1.79. The highest BCUT2D eigenvalue weighted by Gasteiger charge is 2.15. The Morgan fingerprint density at radius 1 is 0.885 bits per heavy atom. The fourth-order valence-corrected chi connectivity index (χ4v) is 2.46. The third-order valence-electron chi connectivity index (χ3n) is 3.81. The molecule has 0 aliphatic rings. The molecule has 0 amide bonds. The zero-order valence-electron chi connectivity index (χ0n) is 14.0. The van der Waals surface area contributed by atoms with Gasteiger partial charge < -0.3 is 14.9 Å². The van der Waals surface area contributed by atoms with Gasteiger partial charge in [-0.15, -0.1) is 0 Å². The van der Waals surface area contributed by atoms with Gasteiger partial charge in [-0.2, -0.15) is 0 Å². The van der Waals surface area contributed by atoms with Crippen molar-refractivity contribution in [3.8, 4) is 17.2 Å². The smallest absolute Gasteiger partial charge is 0.193 e. The lowest BCUT2D eigenvalue weighted by atomic mass is 10.1. The Labute approximate surface area is 151 Å². The quantitative estimate of drug-likeness (QED) is 0.507. The summed E-state index contributed by atoms with van der Waals surface area (Å²) >= 11 is 0. The van der Waals surface area contributed by atoms with Gasteiger partial charge in [-0.25, -0.2) is 0 Å². The van der Waals surface area contributed by atoms with E-state index in [1.165, 1.54) is 12.1 Å². The maximum Gasteiger partial charge on any atom is 0.193 e. The standard InChI is InChI=1S/C22H18O4/c23-18-12-9-16(10-13-18)11-14-20(25)22-19(24)7-4-8-21(22)26-15-17-5-2-1-3-6-17/h1-14,23-24H,15H2/b14-11+. The van der Waals surface area contributed by atoms with Gasteiger partial charge >= 0.3 is 0 Å². The van der Waals surface area contributed by atoms with Crippen LogP contribution in [0.2, 0.25) is 0 Å². The zero-order valence-corrected chi connectivity index (χ0v) is 14.0. The van der Waals surface area contributed by atoms with E-state index in [4.69, 9.17) is 4.74 Å². The second-order valence-electron chi connectivity index (χ2n) is 5.71. The Kier molecular flexibility index (Phi) is 5.34. The Morgan fingerprint density at radius 3 is 2.35 bits per heavy atom. The molecule has 0 aliphatic heterocycles. The van der Waals surface area contributed by atoms with E-state index in [0.717, 1.165) is 11.1 Å². The maximum absolute atomic E-state index is 12.6. The van der Waals surface area contributed by atoms with Crippen molar-refractivity contribution >= 4 is 11.9 Å². The number of phenols is 2. The molecule has 4 nitrogen and oxygen atoms in total. The van der Waals surface area contributed by atoms with E-state index in [-0.39, 0.29) is 22.8 Å². The molecule has 0 aliphatic carbocycles. The highest BCUT2D eigenvalue weighted by Crippen LogP contribution is 2.29. The molecule has 4 heteroatoms. The molecule has 0 spiro atoms. The highest BCUT2D eigenvalue weighted by atomic mass is 16.5. The van der Waals surface area contributed by atoms with Crippen LogP contribution < -0.4 is 4.74 Å². The second-order valence-corrected chi connectivity index (χ2v) is 5.71. The Morgan fingerprint density at radius 2 is 1.62 bits per heavy atom. The number of hydrogen-bond donors (Lipinski definition) is 2. The van der Waals surface area contributed by atoms with Crippen molar-refractivity contribution in [2.75, 3.05) is 0 Å². The number of carbonyl (C=O) groups is 1. The van der Waals surface area contributed by atoms with Crippen LogP contribution in [0, 0.1) is 0 Å². The van der Waals surface area contributed by atoms with Crippen molar-refractivity contribution in [3.05, 3.63) is 95.6 Å². The number of benzene rings is 3. The molecule has 0 atom stereocenters. The first-order valence-corrected chi connectivity index (χ1v) is 8.13. The molecule has 0 heterocycles. The summed E-state index contributed by atoms with van der Waals surface area (Å²) in [4.78, 5) is 12.6. The van der Waals surface area contributed by atoms with Crippen molar-refractivity contribution in [2.45, 2.75) is 6.61 Å². The molecule has 0 bridgehead atoms. The van der Waals surface area contributed by atoms with Crippen LogP contribution in [-0.2, 0) is 6.61 Å². The third-order valence-corrected chi connectivity index (χ3v) is 3.81. The first-order valence-electron chi connectivity index (χ1n) is 8.13. The number of rotatable bonds is 6. The van der Waals surface area contributed by atoms with Crippen molar-refractivity contribution in [2.24, 2.45) is 0 Å². The molecule has 3 rings (SSSR count). The van der Waals surface area contributed by atoms with E-state index in [1.807, 2.05) is 30.3 Å². The minimum absolute atomic E-state index is 0.124. The van der Waals surface area contributed by atoms with Gasteiger partial charge in [0.25, 0.3) is 0 Å². The Bertz CT molecular complexity index is 913. The molecule has 3 aromatic rings. The summed E-state index contributed by atoms with van der Waals surface area (Å²) in [5.41, 5.74) is 1.85. The predicted molar refractivity (Wildman–Crippen MR) is 100 cm³/mol. The lowest BCUT2D eigenvalue weighted by molar-refractivity contribution is 0.104. The molecule has 26 heavy (non-hydrogen) atoms. The summed E-state index contributed by atoms with van der Waals surface area (Å²) < 4.78 is 5.75. The predicted octanol–water partition coefficient (Wildman–Crippen LogP) is 4.57. The maximum atomic E-state index is 12.6. The summed E-state index contributed by atoms with van der Waals surface area (Å²) in [5.74, 6) is -0.00450. The van der Waals surface area contributed by atoms with Gasteiger partial charge in [0.05, 0.1) is 0 Å². The van der Waals surface area contributed by atoms with Gasteiger partial charge in [0.2, 0.25) is 0 Å². The van der Waals surface area contributed by atoms with Crippen molar-refractivity contribution in [1.29, 1.82) is 0 Å². The number of aromatic hydroxyl groups is 2. The molecule has 0 aromatic heterocycles. The highest BCUT2D eigenvalue weighted by molar-refractivity contribution is 6.10. The minimum atomic E-state index is -0.362. The number of ketones is 1. The molecule has 130 valence electrons. The molecule has 0 fully saturated rings. The molecule has 0 radical (unpaired) electrons. The van der Waals surface area contributed by atoms with Gasteiger partial charge in [0.1, 0.15) is 29.4 Å². The summed E-state index contributed by atoms with van der Waals surface area (Å²) in [6.07, 6.45) is 2.99. The van der Waals surface area contributed by atoms with Crippen molar-refractivity contribution in [3.63, 3.8) is 0 Å². The van der Waals surface area contributed by atoms with E-state index in [2.05, 4.69) is 0 Å². The number of allylic oxidation sites excluding steroid dienone is 1. The summed E-state index contributed by atoms with van der Waals surface area (Å²) in [5, 5.41) is 19.4. The van der Waals surface area contributed by atoms with Gasteiger partial charge in [0, 0.05) is 0 Å². The average Bonchev–Trinajstić information content (AvgIpc) is 2.66. The normalized spacial score (nSPS) is 10.8.